The Morgan fingerprint density at radius 1 is 1.00 bits per heavy atom. The number of benzene rings is 2. The predicted octanol–water partition coefficient (Wildman–Crippen LogP) is 4.31. The normalized spacial score (nSPS) is 10.4. The lowest BCUT2D eigenvalue weighted by molar-refractivity contribution is 0.613. The fraction of sp³-hybridized carbons (Fsp3) is 0.250. The fourth-order valence-corrected chi connectivity index (χ4v) is 2.10. The second-order valence-corrected chi connectivity index (χ2v) is 4.41. The summed E-state index contributed by atoms with van der Waals surface area (Å²) in [5.74, 6) is -0.156. The molecule has 0 aliphatic rings. The van der Waals surface area contributed by atoms with Crippen molar-refractivity contribution in [3.63, 3.8) is 0 Å². The average molecular weight is 243 g/mol. The molecule has 0 aliphatic carbocycles. The highest BCUT2D eigenvalue weighted by Crippen LogP contribution is 2.22. The van der Waals surface area contributed by atoms with E-state index in [1.165, 1.54) is 17.2 Å². The van der Waals surface area contributed by atoms with E-state index in [1.807, 2.05) is 12.1 Å². The first-order valence-electron chi connectivity index (χ1n) is 6.28. The van der Waals surface area contributed by atoms with Crippen LogP contribution in [0.5, 0.6) is 0 Å². The maximum absolute atomic E-state index is 13.5. The molecule has 0 atom stereocenters. The lowest BCUT2D eigenvalue weighted by atomic mass is 10.1. The molecule has 0 fully saturated rings. The molecule has 0 bridgehead atoms. The van der Waals surface area contributed by atoms with Crippen molar-refractivity contribution in [3.8, 4) is 0 Å². The Balaban J connectivity index is 2.18. The molecule has 2 aromatic rings. The molecule has 1 nitrogen and oxygen atoms in total. The van der Waals surface area contributed by atoms with Crippen LogP contribution in [0.3, 0.4) is 0 Å². The molecule has 0 heterocycles. The Kier molecular flexibility index (Phi) is 3.98. The van der Waals surface area contributed by atoms with Gasteiger partial charge in [-0.25, -0.2) is 4.39 Å². The highest BCUT2D eigenvalue weighted by Gasteiger charge is 2.05. The van der Waals surface area contributed by atoms with Gasteiger partial charge in [0.05, 0.1) is 0 Å². The van der Waals surface area contributed by atoms with Crippen LogP contribution in [-0.2, 0) is 13.0 Å². The van der Waals surface area contributed by atoms with Crippen LogP contribution in [0.15, 0.2) is 42.5 Å². The molecule has 1 N–H and O–H groups in total. The highest BCUT2D eigenvalue weighted by atomic mass is 19.1. The minimum Gasteiger partial charge on any atom is -0.380 e. The van der Waals surface area contributed by atoms with E-state index in [2.05, 4.69) is 37.4 Å². The first-order valence-corrected chi connectivity index (χ1v) is 6.28. The molecule has 2 aromatic carbocycles. The highest BCUT2D eigenvalue weighted by molar-refractivity contribution is 5.57. The van der Waals surface area contributed by atoms with Crippen LogP contribution in [-0.4, -0.2) is 0 Å². The number of para-hydroxylation sites is 1. The summed E-state index contributed by atoms with van der Waals surface area (Å²) in [6.07, 6.45) is 0.973. The molecule has 0 aromatic heterocycles. The summed E-state index contributed by atoms with van der Waals surface area (Å²) < 4.78 is 13.5. The molecule has 0 amide bonds. The van der Waals surface area contributed by atoms with E-state index in [1.54, 1.807) is 6.07 Å². The molecule has 0 aliphatic heterocycles. The fourth-order valence-electron chi connectivity index (χ4n) is 2.10. The van der Waals surface area contributed by atoms with Gasteiger partial charge in [-0.1, -0.05) is 43.3 Å². The summed E-state index contributed by atoms with van der Waals surface area (Å²) >= 11 is 0. The first kappa shape index (κ1) is 12.6. The smallest absolute Gasteiger partial charge is 0.128 e. The van der Waals surface area contributed by atoms with Crippen LogP contribution >= 0.6 is 0 Å². The van der Waals surface area contributed by atoms with Gasteiger partial charge < -0.3 is 5.32 Å². The molecule has 0 spiro atoms. The lowest BCUT2D eigenvalue weighted by Crippen LogP contribution is -2.05. The molecule has 2 heteroatoms. The summed E-state index contributed by atoms with van der Waals surface area (Å²) in [5, 5.41) is 3.35. The number of anilines is 1. The zero-order valence-corrected chi connectivity index (χ0v) is 10.8. The quantitative estimate of drug-likeness (QED) is 0.843. The van der Waals surface area contributed by atoms with E-state index in [0.717, 1.165) is 12.1 Å². The molecular weight excluding hydrogens is 225 g/mol. The maximum Gasteiger partial charge on any atom is 0.128 e. The number of rotatable bonds is 4. The molecule has 0 saturated heterocycles. The third-order valence-electron chi connectivity index (χ3n) is 3.15. The largest absolute Gasteiger partial charge is 0.380 e. The maximum atomic E-state index is 13.5. The molecule has 18 heavy (non-hydrogen) atoms. The minimum absolute atomic E-state index is 0.156. The van der Waals surface area contributed by atoms with Gasteiger partial charge in [0, 0.05) is 17.8 Å². The second-order valence-electron chi connectivity index (χ2n) is 4.41. The number of nitrogens with one attached hydrogen (secondary N) is 1. The number of halogens is 1. The Labute approximate surface area is 108 Å². The van der Waals surface area contributed by atoms with Gasteiger partial charge in [-0.15, -0.1) is 0 Å². The number of aryl methyl sites for hydroxylation is 2. The molecule has 94 valence electrons. The minimum atomic E-state index is -0.156. The van der Waals surface area contributed by atoms with E-state index in [9.17, 15) is 4.39 Å². The Morgan fingerprint density at radius 3 is 2.44 bits per heavy atom. The van der Waals surface area contributed by atoms with Crippen LogP contribution in [0.25, 0.3) is 0 Å². The van der Waals surface area contributed by atoms with E-state index in [-0.39, 0.29) is 5.82 Å². The first-order chi connectivity index (χ1) is 8.72. The van der Waals surface area contributed by atoms with Crippen molar-refractivity contribution < 1.29 is 4.39 Å². The van der Waals surface area contributed by atoms with E-state index in [0.29, 0.717) is 12.1 Å². The SMILES string of the molecule is CCc1cccc(C)c1NCc1ccccc1F. The van der Waals surface area contributed by atoms with Crippen molar-refractivity contribution in [2.45, 2.75) is 26.8 Å². The topological polar surface area (TPSA) is 12.0 Å². The third kappa shape index (κ3) is 2.70. The standard InChI is InChI=1S/C16H18FN/c1-3-13-9-6-7-12(2)16(13)18-11-14-8-4-5-10-15(14)17/h4-10,18H,3,11H2,1-2H3. The van der Waals surface area contributed by atoms with Gasteiger partial charge in [0.25, 0.3) is 0 Å². The molecule has 2 rings (SSSR count). The van der Waals surface area contributed by atoms with Crippen molar-refractivity contribution in [1.29, 1.82) is 0 Å². The third-order valence-corrected chi connectivity index (χ3v) is 3.15. The monoisotopic (exact) mass is 243 g/mol. The van der Waals surface area contributed by atoms with Gasteiger partial charge in [0.15, 0.2) is 0 Å². The van der Waals surface area contributed by atoms with Gasteiger partial charge in [-0.2, -0.15) is 0 Å². The van der Waals surface area contributed by atoms with Crippen molar-refractivity contribution >= 4 is 5.69 Å². The lowest BCUT2D eigenvalue weighted by Gasteiger charge is -2.14. The van der Waals surface area contributed by atoms with Crippen LogP contribution < -0.4 is 5.32 Å². The van der Waals surface area contributed by atoms with Gasteiger partial charge in [-0.3, -0.25) is 0 Å². The predicted molar refractivity (Wildman–Crippen MR) is 74.3 cm³/mol. The van der Waals surface area contributed by atoms with Crippen LogP contribution in [0.4, 0.5) is 10.1 Å². The van der Waals surface area contributed by atoms with Crippen LogP contribution in [0.1, 0.15) is 23.6 Å². The van der Waals surface area contributed by atoms with E-state index >= 15 is 0 Å². The Hall–Kier alpha value is -1.83. The zero-order chi connectivity index (χ0) is 13.0. The number of hydrogen-bond acceptors (Lipinski definition) is 1. The van der Waals surface area contributed by atoms with Gasteiger partial charge >= 0.3 is 0 Å². The van der Waals surface area contributed by atoms with Crippen LogP contribution in [0.2, 0.25) is 0 Å². The van der Waals surface area contributed by atoms with Crippen molar-refractivity contribution in [2.24, 2.45) is 0 Å². The molecule has 0 radical (unpaired) electrons. The summed E-state index contributed by atoms with van der Waals surface area (Å²) in [4.78, 5) is 0. The molecule has 0 saturated carbocycles. The molecule has 0 unspecified atom stereocenters. The van der Waals surface area contributed by atoms with Crippen LogP contribution in [0, 0.1) is 12.7 Å². The molecular formula is C16H18FN. The summed E-state index contributed by atoms with van der Waals surface area (Å²) in [5.41, 5.74) is 4.29. The van der Waals surface area contributed by atoms with Gasteiger partial charge in [0.1, 0.15) is 5.82 Å². The Morgan fingerprint density at radius 2 is 1.72 bits per heavy atom. The van der Waals surface area contributed by atoms with Crippen molar-refractivity contribution in [2.75, 3.05) is 5.32 Å². The summed E-state index contributed by atoms with van der Waals surface area (Å²) in [7, 11) is 0. The van der Waals surface area contributed by atoms with Gasteiger partial charge in [-0.05, 0) is 30.5 Å². The second kappa shape index (κ2) is 5.67. The zero-order valence-electron chi connectivity index (χ0n) is 10.8. The Bertz CT molecular complexity index is 534. The van der Waals surface area contributed by atoms with Gasteiger partial charge in [0.2, 0.25) is 0 Å². The summed E-state index contributed by atoms with van der Waals surface area (Å²) in [6.45, 7) is 4.72. The van der Waals surface area contributed by atoms with E-state index < -0.39 is 0 Å². The van der Waals surface area contributed by atoms with E-state index in [4.69, 9.17) is 0 Å². The number of hydrogen-bond donors (Lipinski definition) is 1. The van der Waals surface area contributed by atoms with Crippen molar-refractivity contribution in [3.05, 3.63) is 65.0 Å². The average Bonchev–Trinajstić information content (AvgIpc) is 2.39. The van der Waals surface area contributed by atoms with Crippen molar-refractivity contribution in [1.82, 2.24) is 0 Å². The summed E-state index contributed by atoms with van der Waals surface area (Å²) in [6, 6.07) is 13.1.